The number of nitrogens with one attached hydrogen (secondary N) is 1. The van der Waals surface area contributed by atoms with Gasteiger partial charge in [0, 0.05) is 28.9 Å². The number of carbonyl (C=O) groups excluding carboxylic acids is 1. The number of fused-ring (bicyclic) bond motifs is 5. The molecule has 0 aromatic carbocycles. The second kappa shape index (κ2) is 6.28. The Labute approximate surface area is 147 Å². The van der Waals surface area contributed by atoms with E-state index in [0.717, 1.165) is 25.9 Å². The first-order chi connectivity index (χ1) is 11.7. The quantitative estimate of drug-likeness (QED) is 0.861. The zero-order valence-corrected chi connectivity index (χ0v) is 15.3. The van der Waals surface area contributed by atoms with E-state index in [0.29, 0.717) is 0 Å². The van der Waals surface area contributed by atoms with E-state index in [9.17, 15) is 4.79 Å². The van der Waals surface area contributed by atoms with Crippen LogP contribution < -0.4 is 5.32 Å². The number of aromatic nitrogens is 1. The van der Waals surface area contributed by atoms with Gasteiger partial charge in [0.15, 0.2) is 0 Å². The number of hydrogen-bond acceptors (Lipinski definition) is 2. The van der Waals surface area contributed by atoms with Gasteiger partial charge in [0.1, 0.15) is 5.00 Å². The zero-order chi connectivity index (χ0) is 16.7. The molecule has 2 aliphatic rings. The van der Waals surface area contributed by atoms with Crippen LogP contribution in [0.25, 0.3) is 5.00 Å². The average molecular weight is 343 g/mol. The van der Waals surface area contributed by atoms with Crippen LogP contribution in [0, 0.1) is 0 Å². The van der Waals surface area contributed by atoms with Gasteiger partial charge in [-0.25, -0.2) is 4.79 Å². The van der Waals surface area contributed by atoms with E-state index < -0.39 is 0 Å². The van der Waals surface area contributed by atoms with Crippen molar-refractivity contribution in [3.05, 3.63) is 40.0 Å². The van der Waals surface area contributed by atoms with Crippen molar-refractivity contribution < 1.29 is 4.79 Å². The fourth-order valence-corrected chi connectivity index (χ4v) is 5.35. The fraction of sp³-hybridized carbons (Fsp3) is 0.526. The van der Waals surface area contributed by atoms with Crippen LogP contribution in [0.3, 0.4) is 0 Å². The smallest absolute Gasteiger partial charge is 0.318 e. The summed E-state index contributed by atoms with van der Waals surface area (Å²) in [6, 6.07) is 4.39. The average Bonchev–Trinajstić information content (AvgIpc) is 3.19. The third-order valence-corrected chi connectivity index (χ3v) is 6.60. The van der Waals surface area contributed by atoms with Gasteiger partial charge in [-0.1, -0.05) is 6.92 Å². The first kappa shape index (κ1) is 15.8. The maximum atomic E-state index is 12.8. The van der Waals surface area contributed by atoms with Gasteiger partial charge in [-0.05, 0) is 56.7 Å². The first-order valence-corrected chi connectivity index (χ1v) is 9.88. The van der Waals surface area contributed by atoms with Crippen molar-refractivity contribution in [2.24, 2.45) is 0 Å². The minimum atomic E-state index is 0.0562. The summed E-state index contributed by atoms with van der Waals surface area (Å²) in [4.78, 5) is 16.3. The van der Waals surface area contributed by atoms with Gasteiger partial charge >= 0.3 is 6.03 Å². The van der Waals surface area contributed by atoms with Gasteiger partial charge in [-0.3, -0.25) is 0 Å². The fourth-order valence-electron chi connectivity index (χ4n) is 3.94. The Hall–Kier alpha value is -1.75. The minimum Gasteiger partial charge on any atom is -0.338 e. The Bertz CT molecular complexity index is 761. The molecule has 0 fully saturated rings. The van der Waals surface area contributed by atoms with Crippen LogP contribution in [0.5, 0.6) is 0 Å². The molecule has 128 valence electrons. The molecule has 0 spiro atoms. The van der Waals surface area contributed by atoms with E-state index in [-0.39, 0.29) is 12.1 Å². The maximum absolute atomic E-state index is 12.8. The van der Waals surface area contributed by atoms with Gasteiger partial charge in [-0.15, -0.1) is 11.3 Å². The van der Waals surface area contributed by atoms with Crippen LogP contribution in [-0.2, 0) is 19.4 Å². The molecule has 0 radical (unpaired) electrons. The van der Waals surface area contributed by atoms with Crippen molar-refractivity contribution in [1.82, 2.24) is 14.8 Å². The topological polar surface area (TPSA) is 37.3 Å². The third-order valence-electron chi connectivity index (χ3n) is 5.27. The summed E-state index contributed by atoms with van der Waals surface area (Å²) in [6.45, 7) is 5.68. The Morgan fingerprint density at radius 1 is 1.33 bits per heavy atom. The zero-order valence-electron chi connectivity index (χ0n) is 14.5. The molecule has 1 unspecified atom stereocenters. The van der Waals surface area contributed by atoms with E-state index in [1.54, 1.807) is 0 Å². The first-order valence-electron chi connectivity index (χ1n) is 9.06. The summed E-state index contributed by atoms with van der Waals surface area (Å²) < 4.78 is 2.32. The predicted octanol–water partition coefficient (Wildman–Crippen LogP) is 4.41. The van der Waals surface area contributed by atoms with Crippen LogP contribution in [0.15, 0.2) is 18.3 Å². The summed E-state index contributed by atoms with van der Waals surface area (Å²) in [6.07, 6.45) is 8.04. The molecule has 4 nitrogen and oxygen atoms in total. The van der Waals surface area contributed by atoms with Crippen molar-refractivity contribution in [1.29, 1.82) is 0 Å². The number of thiophene rings is 1. The van der Waals surface area contributed by atoms with Gasteiger partial charge in [-0.2, -0.15) is 0 Å². The van der Waals surface area contributed by atoms with Crippen LogP contribution in [0.4, 0.5) is 4.79 Å². The molecule has 1 aliphatic carbocycles. The molecule has 3 heterocycles. The number of rotatable bonds is 2. The molecular weight excluding hydrogens is 318 g/mol. The van der Waals surface area contributed by atoms with E-state index in [1.165, 1.54) is 46.0 Å². The summed E-state index contributed by atoms with van der Waals surface area (Å²) >= 11 is 1.94. The Morgan fingerprint density at radius 3 is 3.00 bits per heavy atom. The minimum absolute atomic E-state index is 0.0562. The standard InChI is InChI=1S/C19H25N3OS/c1-3-10-20-19(23)22-12-15-14-7-4-5-9-17(14)24-18(15)21-11-6-8-16(21)13(22)2/h6,8,11,13H,3-5,7,9-10,12H2,1-2H3,(H,20,23). The van der Waals surface area contributed by atoms with Gasteiger partial charge in [0.05, 0.1) is 12.6 Å². The summed E-state index contributed by atoms with van der Waals surface area (Å²) in [5, 5.41) is 4.40. The molecule has 5 heteroatoms. The summed E-state index contributed by atoms with van der Waals surface area (Å²) in [7, 11) is 0. The Morgan fingerprint density at radius 2 is 2.17 bits per heavy atom. The van der Waals surface area contributed by atoms with E-state index >= 15 is 0 Å². The lowest BCUT2D eigenvalue weighted by Crippen LogP contribution is -2.41. The summed E-state index contributed by atoms with van der Waals surface area (Å²) in [5.74, 6) is 0. The Balaban J connectivity index is 1.80. The van der Waals surface area contributed by atoms with E-state index in [2.05, 4.69) is 42.1 Å². The third kappa shape index (κ3) is 2.46. The van der Waals surface area contributed by atoms with Crippen molar-refractivity contribution in [3.63, 3.8) is 0 Å². The lowest BCUT2D eigenvalue weighted by molar-refractivity contribution is 0.175. The lowest BCUT2D eigenvalue weighted by atomic mass is 9.95. The highest BCUT2D eigenvalue weighted by Crippen LogP contribution is 2.42. The van der Waals surface area contributed by atoms with Crippen molar-refractivity contribution in [2.75, 3.05) is 6.54 Å². The second-order valence-electron chi connectivity index (χ2n) is 6.83. The van der Waals surface area contributed by atoms with Gasteiger partial charge in [0.2, 0.25) is 0 Å². The molecular formula is C19H25N3OS. The molecule has 1 atom stereocenters. The predicted molar refractivity (Wildman–Crippen MR) is 97.9 cm³/mol. The molecule has 1 aliphatic heterocycles. The molecule has 1 N–H and O–H groups in total. The van der Waals surface area contributed by atoms with Crippen molar-refractivity contribution in [2.45, 2.75) is 58.5 Å². The van der Waals surface area contributed by atoms with E-state index in [1.807, 2.05) is 16.2 Å². The molecule has 2 aromatic rings. The highest BCUT2D eigenvalue weighted by atomic mass is 32.1. The van der Waals surface area contributed by atoms with Crippen LogP contribution in [0.2, 0.25) is 0 Å². The number of hydrogen-bond donors (Lipinski definition) is 1. The van der Waals surface area contributed by atoms with Crippen molar-refractivity contribution >= 4 is 17.4 Å². The van der Waals surface area contributed by atoms with Gasteiger partial charge in [0.25, 0.3) is 0 Å². The monoisotopic (exact) mass is 343 g/mol. The molecule has 4 rings (SSSR count). The largest absolute Gasteiger partial charge is 0.338 e. The van der Waals surface area contributed by atoms with Crippen LogP contribution in [0.1, 0.15) is 60.8 Å². The normalized spacial score (nSPS) is 19.2. The maximum Gasteiger partial charge on any atom is 0.318 e. The number of amides is 2. The number of carbonyl (C=O) groups is 1. The second-order valence-corrected chi connectivity index (χ2v) is 7.92. The van der Waals surface area contributed by atoms with Gasteiger partial charge < -0.3 is 14.8 Å². The highest BCUT2D eigenvalue weighted by molar-refractivity contribution is 7.15. The number of nitrogens with zero attached hydrogens (tertiary/aromatic N) is 2. The lowest BCUT2D eigenvalue weighted by Gasteiger charge is -2.28. The molecule has 0 bridgehead atoms. The highest BCUT2D eigenvalue weighted by Gasteiger charge is 2.32. The van der Waals surface area contributed by atoms with Crippen LogP contribution >= 0.6 is 11.3 Å². The van der Waals surface area contributed by atoms with Crippen LogP contribution in [-0.4, -0.2) is 22.0 Å². The molecule has 2 amide bonds. The molecule has 2 aromatic heterocycles. The molecule has 0 saturated carbocycles. The van der Waals surface area contributed by atoms with E-state index in [4.69, 9.17) is 0 Å². The number of aryl methyl sites for hydroxylation is 1. The Kier molecular flexibility index (Phi) is 4.12. The number of urea groups is 1. The SMILES string of the molecule is CCCNC(=O)N1Cc2c(sc3c2CCCC3)-n2cccc2C1C. The van der Waals surface area contributed by atoms with Crippen molar-refractivity contribution in [3.8, 4) is 5.00 Å². The molecule has 0 saturated heterocycles. The molecule has 24 heavy (non-hydrogen) atoms. The summed E-state index contributed by atoms with van der Waals surface area (Å²) in [5.41, 5.74) is 4.10.